The molecule has 1 aromatic heterocycles. The summed E-state index contributed by atoms with van der Waals surface area (Å²) >= 11 is 1.39. The molecule has 0 atom stereocenters. The molecular formula is C12H19N5O2S. The Hall–Kier alpha value is -1.38. The molecule has 7 nitrogen and oxygen atoms in total. The van der Waals surface area contributed by atoms with E-state index in [9.17, 15) is 4.79 Å². The summed E-state index contributed by atoms with van der Waals surface area (Å²) in [7, 11) is 0. The second-order valence-corrected chi connectivity index (χ2v) is 5.29. The lowest BCUT2D eigenvalue weighted by Crippen LogP contribution is -2.49. The number of aliphatic hydroxyl groups is 1. The molecule has 0 radical (unpaired) electrons. The van der Waals surface area contributed by atoms with Crippen LogP contribution in [0, 0.1) is 0 Å². The Labute approximate surface area is 122 Å². The van der Waals surface area contributed by atoms with Gasteiger partial charge in [0.25, 0.3) is 5.91 Å². The molecule has 1 fully saturated rings. The van der Waals surface area contributed by atoms with Crippen LogP contribution < -0.4 is 5.73 Å². The first-order chi connectivity index (χ1) is 9.65. The van der Waals surface area contributed by atoms with Gasteiger partial charge in [0, 0.05) is 38.9 Å². The van der Waals surface area contributed by atoms with Gasteiger partial charge < -0.3 is 15.7 Å². The van der Waals surface area contributed by atoms with Crippen molar-refractivity contribution in [3.05, 3.63) is 11.8 Å². The van der Waals surface area contributed by atoms with Crippen LogP contribution in [0.4, 0.5) is 5.82 Å². The molecule has 0 bridgehead atoms. The number of anilines is 1. The Kier molecular flexibility index (Phi) is 5.16. The van der Waals surface area contributed by atoms with Crippen molar-refractivity contribution >= 4 is 23.5 Å². The Morgan fingerprint density at radius 2 is 2.15 bits per heavy atom. The fourth-order valence-corrected chi connectivity index (χ4v) is 2.48. The Bertz CT molecular complexity index is 477. The second-order valence-electron chi connectivity index (χ2n) is 4.51. The summed E-state index contributed by atoms with van der Waals surface area (Å²) < 4.78 is 0. The van der Waals surface area contributed by atoms with E-state index >= 15 is 0 Å². The highest BCUT2D eigenvalue weighted by atomic mass is 32.2. The zero-order chi connectivity index (χ0) is 14.5. The zero-order valence-corrected chi connectivity index (χ0v) is 12.3. The summed E-state index contributed by atoms with van der Waals surface area (Å²) in [5.74, 6) is 0.103. The lowest BCUT2D eigenvalue weighted by Gasteiger charge is -2.34. The Morgan fingerprint density at radius 1 is 1.45 bits per heavy atom. The van der Waals surface area contributed by atoms with Crippen LogP contribution in [0.3, 0.4) is 0 Å². The van der Waals surface area contributed by atoms with Crippen LogP contribution in [0.1, 0.15) is 10.4 Å². The van der Waals surface area contributed by atoms with Crippen LogP contribution in [0.25, 0.3) is 0 Å². The fourth-order valence-electron chi connectivity index (χ4n) is 2.13. The highest BCUT2D eigenvalue weighted by Crippen LogP contribution is 2.16. The van der Waals surface area contributed by atoms with E-state index < -0.39 is 0 Å². The molecule has 2 rings (SSSR count). The molecule has 8 heteroatoms. The van der Waals surface area contributed by atoms with Crippen LogP contribution in [-0.4, -0.2) is 76.4 Å². The van der Waals surface area contributed by atoms with Crippen LogP contribution in [-0.2, 0) is 0 Å². The van der Waals surface area contributed by atoms with E-state index in [1.165, 1.54) is 18.0 Å². The monoisotopic (exact) mass is 297 g/mol. The van der Waals surface area contributed by atoms with Gasteiger partial charge in [-0.25, -0.2) is 9.97 Å². The number of nitrogens with two attached hydrogens (primary N) is 1. The zero-order valence-electron chi connectivity index (χ0n) is 11.4. The Morgan fingerprint density at radius 3 is 2.70 bits per heavy atom. The van der Waals surface area contributed by atoms with Crippen molar-refractivity contribution in [2.75, 3.05) is 51.3 Å². The molecule has 20 heavy (non-hydrogen) atoms. The lowest BCUT2D eigenvalue weighted by atomic mass is 10.2. The fraction of sp³-hybridized carbons (Fsp3) is 0.583. The maximum Gasteiger partial charge on any atom is 0.259 e. The molecule has 1 aliphatic rings. The molecule has 2 heterocycles. The van der Waals surface area contributed by atoms with E-state index in [4.69, 9.17) is 10.8 Å². The summed E-state index contributed by atoms with van der Waals surface area (Å²) in [6.45, 7) is 3.57. The smallest absolute Gasteiger partial charge is 0.259 e. The number of thioether (sulfide) groups is 1. The highest BCUT2D eigenvalue weighted by molar-refractivity contribution is 7.98. The molecule has 3 N–H and O–H groups in total. The average molecular weight is 297 g/mol. The summed E-state index contributed by atoms with van der Waals surface area (Å²) in [5.41, 5.74) is 6.18. The van der Waals surface area contributed by atoms with Crippen LogP contribution in [0.5, 0.6) is 0 Å². The normalized spacial score (nSPS) is 16.4. The van der Waals surface area contributed by atoms with Gasteiger partial charge in [-0.05, 0) is 6.26 Å². The van der Waals surface area contributed by atoms with Gasteiger partial charge in [0.2, 0.25) is 0 Å². The third kappa shape index (κ3) is 3.38. The maximum absolute atomic E-state index is 12.4. The topological polar surface area (TPSA) is 95.6 Å². The number of carbonyl (C=O) groups excluding carboxylic acids is 1. The van der Waals surface area contributed by atoms with E-state index in [1.807, 2.05) is 6.26 Å². The summed E-state index contributed by atoms with van der Waals surface area (Å²) in [6.07, 6.45) is 3.35. The molecule has 0 aromatic carbocycles. The number of nitrogen functional groups attached to an aromatic ring is 1. The van der Waals surface area contributed by atoms with Gasteiger partial charge >= 0.3 is 0 Å². The predicted molar refractivity (Wildman–Crippen MR) is 77.7 cm³/mol. The van der Waals surface area contributed by atoms with Crippen molar-refractivity contribution < 1.29 is 9.90 Å². The Balaban J connectivity index is 2.02. The molecule has 1 saturated heterocycles. The first-order valence-electron chi connectivity index (χ1n) is 6.44. The SMILES string of the molecule is CSc1ncc(C(=O)N2CCN(CCO)CC2)c(N)n1. The first-order valence-corrected chi connectivity index (χ1v) is 7.67. The molecule has 0 spiro atoms. The van der Waals surface area contributed by atoms with Crippen molar-refractivity contribution in [3.63, 3.8) is 0 Å². The number of aromatic nitrogens is 2. The van der Waals surface area contributed by atoms with E-state index in [-0.39, 0.29) is 18.3 Å². The molecule has 1 amide bonds. The van der Waals surface area contributed by atoms with Crippen LogP contribution >= 0.6 is 11.8 Å². The first kappa shape index (κ1) is 15.0. The van der Waals surface area contributed by atoms with Gasteiger partial charge in [-0.1, -0.05) is 11.8 Å². The number of carbonyl (C=O) groups is 1. The molecule has 0 aliphatic carbocycles. The van der Waals surface area contributed by atoms with Gasteiger partial charge in [-0.2, -0.15) is 0 Å². The minimum atomic E-state index is -0.126. The summed E-state index contributed by atoms with van der Waals surface area (Å²) in [4.78, 5) is 24.4. The van der Waals surface area contributed by atoms with Crippen molar-refractivity contribution in [1.29, 1.82) is 0 Å². The molecule has 110 valence electrons. The summed E-state index contributed by atoms with van der Waals surface area (Å²) in [5, 5.41) is 9.46. The third-order valence-electron chi connectivity index (χ3n) is 3.28. The standard InChI is InChI=1S/C12H19N5O2S/c1-20-12-14-8-9(10(13)15-12)11(19)17-4-2-16(3-5-17)6-7-18/h8,18H,2-7H2,1H3,(H2,13,14,15). The number of aliphatic hydroxyl groups excluding tert-OH is 1. The summed E-state index contributed by atoms with van der Waals surface area (Å²) in [6, 6.07) is 0. The van der Waals surface area contributed by atoms with Gasteiger partial charge in [0.1, 0.15) is 11.4 Å². The van der Waals surface area contributed by atoms with Gasteiger partial charge in [0.05, 0.1) is 6.61 Å². The minimum absolute atomic E-state index is 0.126. The van der Waals surface area contributed by atoms with Crippen LogP contribution in [0.2, 0.25) is 0 Å². The molecule has 0 saturated carbocycles. The van der Waals surface area contributed by atoms with E-state index in [2.05, 4.69) is 14.9 Å². The largest absolute Gasteiger partial charge is 0.395 e. The quantitative estimate of drug-likeness (QED) is 0.573. The number of nitrogens with zero attached hydrogens (tertiary/aromatic N) is 4. The number of hydrogen-bond donors (Lipinski definition) is 2. The number of hydrogen-bond acceptors (Lipinski definition) is 7. The molecule has 1 aliphatic heterocycles. The van der Waals surface area contributed by atoms with Gasteiger partial charge in [-0.15, -0.1) is 0 Å². The molecule has 0 unspecified atom stereocenters. The molecule has 1 aromatic rings. The van der Waals surface area contributed by atoms with Crippen molar-refractivity contribution in [2.24, 2.45) is 0 Å². The van der Waals surface area contributed by atoms with Gasteiger partial charge in [-0.3, -0.25) is 9.69 Å². The van der Waals surface area contributed by atoms with E-state index in [1.54, 1.807) is 4.90 Å². The highest BCUT2D eigenvalue weighted by Gasteiger charge is 2.24. The van der Waals surface area contributed by atoms with Crippen molar-refractivity contribution in [2.45, 2.75) is 5.16 Å². The average Bonchev–Trinajstić information content (AvgIpc) is 2.47. The lowest BCUT2D eigenvalue weighted by molar-refractivity contribution is 0.0615. The minimum Gasteiger partial charge on any atom is -0.395 e. The predicted octanol–water partition coefficient (Wildman–Crippen LogP) is -0.469. The van der Waals surface area contributed by atoms with Crippen molar-refractivity contribution in [1.82, 2.24) is 19.8 Å². The van der Waals surface area contributed by atoms with E-state index in [0.29, 0.717) is 30.4 Å². The van der Waals surface area contributed by atoms with Gasteiger partial charge in [0.15, 0.2) is 5.16 Å². The second kappa shape index (κ2) is 6.87. The number of piperazine rings is 1. The number of β-amino-alcohol motifs (C(OH)–C–C–N with tert-alkyl or cyclic N) is 1. The maximum atomic E-state index is 12.4. The third-order valence-corrected chi connectivity index (χ3v) is 3.85. The van der Waals surface area contributed by atoms with E-state index in [0.717, 1.165) is 13.1 Å². The molecular weight excluding hydrogens is 278 g/mol. The number of rotatable bonds is 4. The van der Waals surface area contributed by atoms with Crippen molar-refractivity contribution in [3.8, 4) is 0 Å². The number of amides is 1. The van der Waals surface area contributed by atoms with Crippen LogP contribution in [0.15, 0.2) is 11.4 Å².